The van der Waals surface area contributed by atoms with Gasteiger partial charge in [0, 0.05) is 27.1 Å². The molecule has 29 heavy (non-hydrogen) atoms. The molecule has 0 saturated carbocycles. The molecule has 7 heteroatoms. The van der Waals surface area contributed by atoms with E-state index in [1.807, 2.05) is 26.0 Å². The second kappa shape index (κ2) is 9.29. The average Bonchev–Trinajstić information content (AvgIpc) is 2.97. The number of para-hydroxylation sites is 1. The predicted octanol–water partition coefficient (Wildman–Crippen LogP) is 5.35. The summed E-state index contributed by atoms with van der Waals surface area (Å²) in [6, 6.07) is 15.3. The molecule has 1 N–H and O–H groups in total. The molecule has 0 unspecified atom stereocenters. The van der Waals surface area contributed by atoms with Gasteiger partial charge in [0.25, 0.3) is 5.91 Å². The van der Waals surface area contributed by atoms with Gasteiger partial charge in [-0.15, -0.1) is 0 Å². The Balaban J connectivity index is 1.66. The maximum absolute atomic E-state index is 12.0. The Morgan fingerprint density at radius 3 is 2.69 bits per heavy atom. The summed E-state index contributed by atoms with van der Waals surface area (Å²) in [6.07, 6.45) is 1.64. The van der Waals surface area contributed by atoms with Crippen molar-refractivity contribution < 1.29 is 9.53 Å². The molecule has 3 aromatic rings. The van der Waals surface area contributed by atoms with Crippen LogP contribution < -0.4 is 10.2 Å². The first-order valence-corrected chi connectivity index (χ1v) is 10.2. The molecule has 0 spiro atoms. The fourth-order valence-electron chi connectivity index (χ4n) is 2.99. The summed E-state index contributed by atoms with van der Waals surface area (Å²) in [5, 5.41) is 4.52. The van der Waals surface area contributed by atoms with E-state index >= 15 is 0 Å². The topological polar surface area (TPSA) is 55.6 Å². The van der Waals surface area contributed by atoms with Crippen LogP contribution in [0.2, 0.25) is 5.02 Å². The van der Waals surface area contributed by atoms with E-state index in [-0.39, 0.29) is 12.5 Å². The summed E-state index contributed by atoms with van der Waals surface area (Å²) < 4.78 is 8.63. The number of rotatable bonds is 6. The van der Waals surface area contributed by atoms with E-state index in [1.165, 1.54) is 0 Å². The molecular formula is C22H21BrClN3O2. The van der Waals surface area contributed by atoms with Crippen LogP contribution in [-0.2, 0) is 4.79 Å². The third kappa shape index (κ3) is 5.08. The summed E-state index contributed by atoms with van der Waals surface area (Å²) in [4.78, 5) is 12.0. The fourth-order valence-corrected chi connectivity index (χ4v) is 3.43. The van der Waals surface area contributed by atoms with Crippen LogP contribution in [0.3, 0.4) is 0 Å². The first kappa shape index (κ1) is 21.1. The van der Waals surface area contributed by atoms with Gasteiger partial charge in [-0.2, -0.15) is 5.10 Å². The number of benzene rings is 2. The normalized spacial score (nSPS) is 11.1. The van der Waals surface area contributed by atoms with E-state index < -0.39 is 0 Å². The van der Waals surface area contributed by atoms with Gasteiger partial charge in [0.15, 0.2) is 6.61 Å². The summed E-state index contributed by atoms with van der Waals surface area (Å²) in [5.41, 5.74) is 7.77. The number of hydrogen-bond donors (Lipinski definition) is 1. The standard InChI is InChI=1S/C22H21BrClN3O2/c1-14-10-18(8-9-19(14)23)27-15(2)11-17(16(27)3)12-25-26-22(28)13-29-21-7-5-4-6-20(21)24/h4-12H,13H2,1-3H3,(H,26,28)/b25-12-. The molecule has 1 heterocycles. The minimum atomic E-state index is -0.362. The molecule has 3 rings (SSSR count). The number of carbonyl (C=O) groups excluding carboxylic acids is 1. The second-order valence-electron chi connectivity index (χ2n) is 6.61. The van der Waals surface area contributed by atoms with Gasteiger partial charge < -0.3 is 9.30 Å². The molecule has 0 bridgehead atoms. The molecule has 0 saturated heterocycles. The Hall–Kier alpha value is -2.57. The third-order valence-corrected chi connectivity index (χ3v) is 5.66. The Bertz CT molecular complexity index is 1080. The van der Waals surface area contributed by atoms with E-state index in [4.69, 9.17) is 16.3 Å². The van der Waals surface area contributed by atoms with Crippen molar-refractivity contribution >= 4 is 39.7 Å². The zero-order valence-electron chi connectivity index (χ0n) is 16.4. The van der Waals surface area contributed by atoms with Gasteiger partial charge >= 0.3 is 0 Å². The van der Waals surface area contributed by atoms with Gasteiger partial charge in [-0.25, -0.2) is 5.43 Å². The van der Waals surface area contributed by atoms with Crippen molar-refractivity contribution in [3.63, 3.8) is 0 Å². The van der Waals surface area contributed by atoms with Gasteiger partial charge in [0.05, 0.1) is 11.2 Å². The van der Waals surface area contributed by atoms with E-state index in [0.717, 1.165) is 32.7 Å². The number of halogens is 2. The maximum atomic E-state index is 12.0. The average molecular weight is 475 g/mol. The lowest BCUT2D eigenvalue weighted by molar-refractivity contribution is -0.123. The van der Waals surface area contributed by atoms with Crippen LogP contribution in [0, 0.1) is 20.8 Å². The third-order valence-electron chi connectivity index (χ3n) is 4.46. The minimum Gasteiger partial charge on any atom is -0.482 e. The summed E-state index contributed by atoms with van der Waals surface area (Å²) in [6.45, 7) is 5.95. The van der Waals surface area contributed by atoms with Gasteiger partial charge in [0.1, 0.15) is 5.75 Å². The van der Waals surface area contributed by atoms with Crippen LogP contribution in [0.4, 0.5) is 0 Å². The van der Waals surface area contributed by atoms with Crippen LogP contribution in [0.5, 0.6) is 5.75 Å². The van der Waals surface area contributed by atoms with E-state index in [0.29, 0.717) is 10.8 Å². The molecule has 0 fully saturated rings. The molecule has 0 aliphatic heterocycles. The highest BCUT2D eigenvalue weighted by Crippen LogP contribution is 2.24. The SMILES string of the molecule is Cc1cc(-n2c(C)cc(/C=N\NC(=O)COc3ccccc3Cl)c2C)ccc1Br. The largest absolute Gasteiger partial charge is 0.482 e. The molecule has 2 aromatic carbocycles. The van der Waals surface area contributed by atoms with Gasteiger partial charge in [-0.1, -0.05) is 39.7 Å². The molecule has 0 aliphatic carbocycles. The number of aromatic nitrogens is 1. The Labute approximate surface area is 183 Å². The number of nitrogens with one attached hydrogen (secondary N) is 1. The van der Waals surface area contributed by atoms with Crippen molar-refractivity contribution in [2.75, 3.05) is 6.61 Å². The molecular weight excluding hydrogens is 454 g/mol. The van der Waals surface area contributed by atoms with Crippen LogP contribution in [0.15, 0.2) is 58.1 Å². The lowest BCUT2D eigenvalue weighted by atomic mass is 10.2. The smallest absolute Gasteiger partial charge is 0.277 e. The molecule has 0 aliphatic rings. The minimum absolute atomic E-state index is 0.168. The number of aryl methyl sites for hydroxylation is 2. The molecule has 0 atom stereocenters. The van der Waals surface area contributed by atoms with E-state index in [9.17, 15) is 4.79 Å². The zero-order chi connectivity index (χ0) is 21.0. The molecule has 150 valence electrons. The van der Waals surface area contributed by atoms with Crippen LogP contribution in [0.1, 0.15) is 22.5 Å². The van der Waals surface area contributed by atoms with Crippen LogP contribution in [-0.4, -0.2) is 23.3 Å². The van der Waals surface area contributed by atoms with Crippen molar-refractivity contribution in [3.05, 3.63) is 80.5 Å². The van der Waals surface area contributed by atoms with Gasteiger partial charge in [-0.3, -0.25) is 4.79 Å². The summed E-state index contributed by atoms with van der Waals surface area (Å²) >= 11 is 9.54. The fraction of sp³-hybridized carbons (Fsp3) is 0.182. The Morgan fingerprint density at radius 1 is 1.21 bits per heavy atom. The van der Waals surface area contributed by atoms with Crippen molar-refractivity contribution in [2.45, 2.75) is 20.8 Å². The molecule has 5 nitrogen and oxygen atoms in total. The molecule has 1 aromatic heterocycles. The highest BCUT2D eigenvalue weighted by Gasteiger charge is 2.10. The quantitative estimate of drug-likeness (QED) is 0.387. The monoisotopic (exact) mass is 473 g/mol. The van der Waals surface area contributed by atoms with Crippen molar-refractivity contribution in [3.8, 4) is 11.4 Å². The number of nitrogens with zero attached hydrogens (tertiary/aromatic N) is 2. The van der Waals surface area contributed by atoms with Crippen molar-refractivity contribution in [1.82, 2.24) is 9.99 Å². The van der Waals surface area contributed by atoms with Gasteiger partial charge in [0.2, 0.25) is 0 Å². The summed E-state index contributed by atoms with van der Waals surface area (Å²) in [7, 11) is 0. The zero-order valence-corrected chi connectivity index (χ0v) is 18.7. The number of hydrogen-bond acceptors (Lipinski definition) is 3. The van der Waals surface area contributed by atoms with Crippen LogP contribution >= 0.6 is 27.5 Å². The maximum Gasteiger partial charge on any atom is 0.277 e. The second-order valence-corrected chi connectivity index (χ2v) is 7.87. The van der Waals surface area contributed by atoms with E-state index in [1.54, 1.807) is 30.5 Å². The first-order valence-electron chi connectivity index (χ1n) is 9.01. The highest BCUT2D eigenvalue weighted by molar-refractivity contribution is 9.10. The summed E-state index contributed by atoms with van der Waals surface area (Å²) in [5.74, 6) is 0.0974. The predicted molar refractivity (Wildman–Crippen MR) is 120 cm³/mol. The number of ether oxygens (including phenoxy) is 1. The Kier molecular flexibility index (Phi) is 6.77. The van der Waals surface area contributed by atoms with E-state index in [2.05, 4.69) is 50.1 Å². The van der Waals surface area contributed by atoms with Crippen molar-refractivity contribution in [2.24, 2.45) is 5.10 Å². The lowest BCUT2D eigenvalue weighted by Crippen LogP contribution is -2.24. The molecule has 0 radical (unpaired) electrons. The lowest BCUT2D eigenvalue weighted by Gasteiger charge is -2.11. The highest BCUT2D eigenvalue weighted by atomic mass is 79.9. The Morgan fingerprint density at radius 2 is 1.97 bits per heavy atom. The molecule has 1 amide bonds. The number of amides is 1. The number of hydrazone groups is 1. The van der Waals surface area contributed by atoms with Crippen molar-refractivity contribution in [1.29, 1.82) is 0 Å². The first-order chi connectivity index (χ1) is 13.9. The van der Waals surface area contributed by atoms with Gasteiger partial charge in [-0.05, 0) is 62.7 Å². The van der Waals surface area contributed by atoms with Crippen LogP contribution in [0.25, 0.3) is 5.69 Å². The number of carbonyl (C=O) groups is 1.